The molecule has 4 aromatic rings. The van der Waals surface area contributed by atoms with Crippen LogP contribution >= 0.6 is 11.3 Å². The van der Waals surface area contributed by atoms with Crippen LogP contribution in [0.25, 0.3) is 11.1 Å². The lowest BCUT2D eigenvalue weighted by atomic mass is 10.1. The van der Waals surface area contributed by atoms with Crippen molar-refractivity contribution < 1.29 is 9.15 Å². The molecule has 0 aliphatic heterocycles. The van der Waals surface area contributed by atoms with E-state index in [1.165, 1.54) is 10.4 Å². The summed E-state index contributed by atoms with van der Waals surface area (Å²) in [5, 5.41) is 2.14. The lowest BCUT2D eigenvalue weighted by Crippen LogP contribution is -2.33. The molecule has 0 aliphatic rings. The molecule has 0 bridgehead atoms. The number of ether oxygens (including phenoxy) is 1. The van der Waals surface area contributed by atoms with Crippen LogP contribution in [0.5, 0.6) is 5.75 Å². The summed E-state index contributed by atoms with van der Waals surface area (Å²) in [5.41, 5.74) is 3.00. The predicted octanol–water partition coefficient (Wildman–Crippen LogP) is 5.53. The second kappa shape index (κ2) is 8.59. The zero-order valence-corrected chi connectivity index (χ0v) is 17.0. The maximum atomic E-state index is 5.99. The van der Waals surface area contributed by atoms with E-state index in [0.717, 1.165) is 35.7 Å². The molecule has 0 fully saturated rings. The summed E-state index contributed by atoms with van der Waals surface area (Å²) in [7, 11) is 1.69. The van der Waals surface area contributed by atoms with Gasteiger partial charge < -0.3 is 9.15 Å². The number of rotatable bonds is 8. The van der Waals surface area contributed by atoms with Crippen LogP contribution in [0, 0.1) is 0 Å². The van der Waals surface area contributed by atoms with Crippen molar-refractivity contribution in [3.8, 4) is 5.75 Å². The predicted molar refractivity (Wildman–Crippen MR) is 114 cm³/mol. The van der Waals surface area contributed by atoms with Gasteiger partial charge in [0.1, 0.15) is 11.3 Å². The molecule has 0 radical (unpaired) electrons. The van der Waals surface area contributed by atoms with E-state index in [9.17, 15) is 0 Å². The van der Waals surface area contributed by atoms with Gasteiger partial charge in [0.2, 0.25) is 5.89 Å². The van der Waals surface area contributed by atoms with Crippen molar-refractivity contribution in [3.05, 3.63) is 82.4 Å². The van der Waals surface area contributed by atoms with E-state index in [0.29, 0.717) is 12.6 Å². The molecule has 2 aromatic carbocycles. The fraction of sp³-hybridized carbons (Fsp3) is 0.261. The number of nitrogens with zero attached hydrogens (tertiary/aromatic N) is 2. The standard InChI is InChI=1S/C23H24N2O2S/c1-17(14-20-6-5-13-28-20)25(15-18-9-11-19(26-2)12-10-18)16-23-24-21-7-3-4-8-22(21)27-23/h3-13,17H,14-16H2,1-2H3/t17-/m0/s1. The Morgan fingerprint density at radius 3 is 2.57 bits per heavy atom. The van der Waals surface area contributed by atoms with Crippen molar-refractivity contribution >= 4 is 22.4 Å². The van der Waals surface area contributed by atoms with Crippen LogP contribution in [-0.4, -0.2) is 23.0 Å². The summed E-state index contributed by atoms with van der Waals surface area (Å²) in [6.45, 7) is 3.77. The number of fused-ring (bicyclic) bond motifs is 1. The molecule has 0 N–H and O–H groups in total. The highest BCUT2D eigenvalue weighted by Crippen LogP contribution is 2.22. The van der Waals surface area contributed by atoms with Gasteiger partial charge in [-0.05, 0) is 54.6 Å². The van der Waals surface area contributed by atoms with Gasteiger partial charge in [-0.2, -0.15) is 0 Å². The summed E-state index contributed by atoms with van der Waals surface area (Å²) in [6, 6.07) is 20.9. The molecule has 2 heterocycles. The molecule has 4 rings (SSSR count). The van der Waals surface area contributed by atoms with Crippen LogP contribution in [0.15, 0.2) is 70.5 Å². The molecule has 0 unspecified atom stereocenters. The number of para-hydroxylation sites is 2. The zero-order valence-electron chi connectivity index (χ0n) is 16.2. The van der Waals surface area contributed by atoms with Crippen LogP contribution in [-0.2, 0) is 19.5 Å². The molecule has 0 aliphatic carbocycles. The summed E-state index contributed by atoms with van der Waals surface area (Å²) in [6.07, 6.45) is 1.01. The van der Waals surface area contributed by atoms with E-state index >= 15 is 0 Å². The summed E-state index contributed by atoms with van der Waals surface area (Å²) in [4.78, 5) is 8.49. The van der Waals surface area contributed by atoms with Crippen molar-refractivity contribution in [1.29, 1.82) is 0 Å². The molecule has 0 saturated heterocycles. The van der Waals surface area contributed by atoms with Gasteiger partial charge >= 0.3 is 0 Å². The molecule has 28 heavy (non-hydrogen) atoms. The zero-order chi connectivity index (χ0) is 19.3. The summed E-state index contributed by atoms with van der Waals surface area (Å²) < 4.78 is 11.3. The Kier molecular flexibility index (Phi) is 5.74. The Labute approximate surface area is 169 Å². The van der Waals surface area contributed by atoms with Crippen molar-refractivity contribution in [2.45, 2.75) is 32.5 Å². The smallest absolute Gasteiger partial charge is 0.209 e. The summed E-state index contributed by atoms with van der Waals surface area (Å²) in [5.74, 6) is 1.63. The highest BCUT2D eigenvalue weighted by Gasteiger charge is 2.19. The maximum absolute atomic E-state index is 5.99. The topological polar surface area (TPSA) is 38.5 Å². The van der Waals surface area contributed by atoms with Gasteiger partial charge in [0.25, 0.3) is 0 Å². The van der Waals surface area contributed by atoms with Gasteiger partial charge in [-0.25, -0.2) is 4.98 Å². The van der Waals surface area contributed by atoms with Crippen LogP contribution < -0.4 is 4.74 Å². The molecule has 144 valence electrons. The first-order valence-corrected chi connectivity index (χ1v) is 10.3. The first kappa shape index (κ1) is 18.7. The minimum absolute atomic E-state index is 0.357. The quantitative estimate of drug-likeness (QED) is 0.395. The van der Waals surface area contributed by atoms with Gasteiger partial charge in [-0.3, -0.25) is 4.90 Å². The fourth-order valence-electron chi connectivity index (χ4n) is 3.34. The number of aromatic nitrogens is 1. The third-order valence-corrected chi connectivity index (χ3v) is 5.82. The molecule has 0 saturated carbocycles. The molecular formula is C23H24N2O2S. The number of oxazole rings is 1. The molecule has 5 heteroatoms. The molecule has 1 atom stereocenters. The second-order valence-electron chi connectivity index (χ2n) is 6.96. The number of hydrogen-bond donors (Lipinski definition) is 0. The highest BCUT2D eigenvalue weighted by molar-refractivity contribution is 7.09. The number of methoxy groups -OCH3 is 1. The Bertz CT molecular complexity index is 976. The van der Waals surface area contributed by atoms with E-state index in [4.69, 9.17) is 9.15 Å². The van der Waals surface area contributed by atoms with E-state index in [2.05, 4.69) is 46.5 Å². The summed E-state index contributed by atoms with van der Waals surface area (Å²) >= 11 is 1.81. The van der Waals surface area contributed by atoms with Crippen LogP contribution in [0.3, 0.4) is 0 Å². The van der Waals surface area contributed by atoms with Crippen LogP contribution in [0.4, 0.5) is 0 Å². The first-order valence-electron chi connectivity index (χ1n) is 9.45. The van der Waals surface area contributed by atoms with Crippen molar-refractivity contribution in [2.75, 3.05) is 7.11 Å². The van der Waals surface area contributed by atoms with Crippen molar-refractivity contribution in [1.82, 2.24) is 9.88 Å². The highest BCUT2D eigenvalue weighted by atomic mass is 32.1. The second-order valence-corrected chi connectivity index (χ2v) is 7.99. The van der Waals surface area contributed by atoms with Gasteiger partial charge in [0.15, 0.2) is 5.58 Å². The van der Waals surface area contributed by atoms with E-state index in [1.807, 2.05) is 47.7 Å². The molecule has 2 aromatic heterocycles. The third kappa shape index (κ3) is 4.43. The van der Waals surface area contributed by atoms with Gasteiger partial charge in [-0.1, -0.05) is 30.3 Å². The molecular weight excluding hydrogens is 368 g/mol. The van der Waals surface area contributed by atoms with Crippen molar-refractivity contribution in [3.63, 3.8) is 0 Å². The Morgan fingerprint density at radius 1 is 1.04 bits per heavy atom. The number of hydrogen-bond acceptors (Lipinski definition) is 5. The Morgan fingerprint density at radius 2 is 1.86 bits per heavy atom. The maximum Gasteiger partial charge on any atom is 0.209 e. The normalized spacial score (nSPS) is 12.5. The first-order chi connectivity index (χ1) is 13.7. The Balaban J connectivity index is 1.55. The minimum Gasteiger partial charge on any atom is -0.497 e. The molecule has 0 amide bonds. The number of thiophene rings is 1. The van der Waals surface area contributed by atoms with E-state index in [-0.39, 0.29) is 0 Å². The molecule has 4 nitrogen and oxygen atoms in total. The van der Waals surface area contributed by atoms with Gasteiger partial charge in [0.05, 0.1) is 13.7 Å². The minimum atomic E-state index is 0.357. The third-order valence-electron chi connectivity index (χ3n) is 4.92. The monoisotopic (exact) mass is 392 g/mol. The van der Waals surface area contributed by atoms with E-state index in [1.54, 1.807) is 7.11 Å². The number of benzene rings is 2. The van der Waals surface area contributed by atoms with Crippen LogP contribution in [0.2, 0.25) is 0 Å². The fourth-order valence-corrected chi connectivity index (χ4v) is 4.17. The lowest BCUT2D eigenvalue weighted by Gasteiger charge is -2.28. The molecule has 0 spiro atoms. The van der Waals surface area contributed by atoms with E-state index < -0.39 is 0 Å². The largest absolute Gasteiger partial charge is 0.497 e. The van der Waals surface area contributed by atoms with Crippen LogP contribution in [0.1, 0.15) is 23.3 Å². The lowest BCUT2D eigenvalue weighted by molar-refractivity contribution is 0.173. The average molecular weight is 393 g/mol. The SMILES string of the molecule is COc1ccc(CN(Cc2nc3ccccc3o2)[C@@H](C)Cc2cccs2)cc1. The van der Waals surface area contributed by atoms with Gasteiger partial charge in [-0.15, -0.1) is 11.3 Å². The van der Waals surface area contributed by atoms with Crippen molar-refractivity contribution in [2.24, 2.45) is 0 Å². The average Bonchev–Trinajstić information content (AvgIpc) is 3.37. The van der Waals surface area contributed by atoms with Gasteiger partial charge in [0, 0.05) is 17.5 Å². The Hall–Kier alpha value is -2.63.